The van der Waals surface area contributed by atoms with Crippen molar-refractivity contribution in [1.82, 2.24) is 14.5 Å². The summed E-state index contributed by atoms with van der Waals surface area (Å²) in [6.45, 7) is 7.96. The molecule has 27 heavy (non-hydrogen) atoms. The number of pyridine rings is 1. The molecule has 3 aromatic rings. The van der Waals surface area contributed by atoms with E-state index in [2.05, 4.69) is 62.1 Å². The number of nitrogens with one attached hydrogen (secondary N) is 1. The fourth-order valence-electron chi connectivity index (χ4n) is 3.72. The van der Waals surface area contributed by atoms with Crippen LogP contribution in [0, 0.1) is 0 Å². The molecule has 0 bridgehead atoms. The molecular weight excluding hydrogens is 338 g/mol. The van der Waals surface area contributed by atoms with Crippen LogP contribution in [0.3, 0.4) is 0 Å². The average Bonchev–Trinajstić information content (AvgIpc) is 3.11. The number of anilines is 2. The molecule has 0 spiro atoms. The summed E-state index contributed by atoms with van der Waals surface area (Å²) in [4.78, 5) is 9.48. The molecule has 0 atom stereocenters. The molecule has 1 aliphatic heterocycles. The molecule has 0 aliphatic carbocycles. The molecule has 1 aliphatic rings. The summed E-state index contributed by atoms with van der Waals surface area (Å²) in [6.07, 6.45) is 4.04. The SMILES string of the molecule is CCNc1cccnc1N1CCN(Cn2ccc3cc(OC)ccc32)CC1. The summed E-state index contributed by atoms with van der Waals surface area (Å²) in [7, 11) is 1.71. The summed E-state index contributed by atoms with van der Waals surface area (Å²) in [5, 5.41) is 4.64. The number of fused-ring (bicyclic) bond motifs is 1. The van der Waals surface area contributed by atoms with Crippen LogP contribution >= 0.6 is 0 Å². The maximum absolute atomic E-state index is 5.33. The third kappa shape index (κ3) is 3.71. The molecular formula is C21H27N5O. The summed E-state index contributed by atoms with van der Waals surface area (Å²) in [5.74, 6) is 1.97. The van der Waals surface area contributed by atoms with Gasteiger partial charge in [0.05, 0.1) is 19.5 Å². The van der Waals surface area contributed by atoms with Gasteiger partial charge in [-0.05, 0) is 43.3 Å². The third-order valence-electron chi connectivity index (χ3n) is 5.16. The lowest BCUT2D eigenvalue weighted by molar-refractivity contribution is 0.209. The Morgan fingerprint density at radius 3 is 2.74 bits per heavy atom. The van der Waals surface area contributed by atoms with Crippen LogP contribution < -0.4 is 15.0 Å². The summed E-state index contributed by atoms with van der Waals surface area (Å²) in [6, 6.07) is 12.5. The van der Waals surface area contributed by atoms with Gasteiger partial charge in [0, 0.05) is 56.0 Å². The van der Waals surface area contributed by atoms with Gasteiger partial charge in [0.1, 0.15) is 5.75 Å². The van der Waals surface area contributed by atoms with Gasteiger partial charge in [0.2, 0.25) is 0 Å². The average molecular weight is 365 g/mol. The minimum atomic E-state index is 0.903. The van der Waals surface area contributed by atoms with E-state index in [4.69, 9.17) is 4.74 Å². The molecule has 4 rings (SSSR count). The number of piperazine rings is 1. The van der Waals surface area contributed by atoms with Crippen LogP contribution in [-0.2, 0) is 6.67 Å². The number of benzene rings is 1. The van der Waals surface area contributed by atoms with Crippen molar-refractivity contribution in [2.75, 3.05) is 50.1 Å². The van der Waals surface area contributed by atoms with Crippen molar-refractivity contribution >= 4 is 22.4 Å². The second-order valence-corrected chi connectivity index (χ2v) is 6.86. The van der Waals surface area contributed by atoms with E-state index < -0.39 is 0 Å². The quantitative estimate of drug-likeness (QED) is 0.726. The Bertz CT molecular complexity index is 898. The van der Waals surface area contributed by atoms with Crippen molar-refractivity contribution in [3.8, 4) is 5.75 Å². The molecule has 0 amide bonds. The summed E-state index contributed by atoms with van der Waals surface area (Å²) < 4.78 is 7.64. The molecule has 6 heteroatoms. The number of aromatic nitrogens is 2. The molecule has 142 valence electrons. The highest BCUT2D eigenvalue weighted by Gasteiger charge is 2.20. The second kappa shape index (κ2) is 7.88. The Kier molecular flexibility index (Phi) is 5.16. The Morgan fingerprint density at radius 1 is 1.11 bits per heavy atom. The van der Waals surface area contributed by atoms with Crippen LogP contribution in [-0.4, -0.2) is 54.3 Å². The van der Waals surface area contributed by atoms with Gasteiger partial charge < -0.3 is 19.5 Å². The molecule has 3 heterocycles. The standard InChI is InChI=1S/C21H27N5O/c1-3-22-19-5-4-9-23-21(19)25-13-11-24(12-14-25)16-26-10-8-17-15-18(27-2)6-7-20(17)26/h4-10,15,22H,3,11-14,16H2,1-2H3. The van der Waals surface area contributed by atoms with Crippen LogP contribution in [0.15, 0.2) is 48.8 Å². The maximum atomic E-state index is 5.33. The van der Waals surface area contributed by atoms with Crippen LogP contribution in [0.5, 0.6) is 5.75 Å². The third-order valence-corrected chi connectivity index (χ3v) is 5.16. The van der Waals surface area contributed by atoms with Crippen LogP contribution in [0.1, 0.15) is 6.92 Å². The zero-order chi connectivity index (χ0) is 18.6. The lowest BCUT2D eigenvalue weighted by Crippen LogP contribution is -2.47. The molecule has 0 saturated carbocycles. The zero-order valence-corrected chi connectivity index (χ0v) is 16.1. The van der Waals surface area contributed by atoms with Gasteiger partial charge >= 0.3 is 0 Å². The number of rotatable bonds is 6. The Balaban J connectivity index is 1.42. The molecule has 1 fully saturated rings. The van der Waals surface area contributed by atoms with Crippen LogP contribution in [0.4, 0.5) is 11.5 Å². The first kappa shape index (κ1) is 17.7. The molecule has 1 saturated heterocycles. The zero-order valence-electron chi connectivity index (χ0n) is 16.1. The van der Waals surface area contributed by atoms with Crippen molar-refractivity contribution in [2.45, 2.75) is 13.6 Å². The molecule has 1 N–H and O–H groups in total. The normalized spacial score (nSPS) is 15.3. The second-order valence-electron chi connectivity index (χ2n) is 6.86. The molecule has 2 aromatic heterocycles. The van der Waals surface area contributed by atoms with Gasteiger partial charge in [-0.15, -0.1) is 0 Å². The van der Waals surface area contributed by atoms with Gasteiger partial charge in [0.25, 0.3) is 0 Å². The highest BCUT2D eigenvalue weighted by molar-refractivity contribution is 5.81. The molecule has 1 aromatic carbocycles. The van der Waals surface area contributed by atoms with Crippen molar-refractivity contribution < 1.29 is 4.74 Å². The first-order valence-electron chi connectivity index (χ1n) is 9.57. The molecule has 0 unspecified atom stereocenters. The first-order chi connectivity index (χ1) is 13.3. The minimum absolute atomic E-state index is 0.903. The van der Waals surface area contributed by atoms with E-state index in [1.165, 1.54) is 10.9 Å². The summed E-state index contributed by atoms with van der Waals surface area (Å²) in [5.41, 5.74) is 2.37. The van der Waals surface area contributed by atoms with E-state index in [1.807, 2.05) is 18.3 Å². The van der Waals surface area contributed by atoms with Crippen molar-refractivity contribution in [1.29, 1.82) is 0 Å². The largest absolute Gasteiger partial charge is 0.497 e. The van der Waals surface area contributed by atoms with E-state index >= 15 is 0 Å². The lowest BCUT2D eigenvalue weighted by atomic mass is 10.2. The topological polar surface area (TPSA) is 45.6 Å². The number of hydrogen-bond donors (Lipinski definition) is 1. The highest BCUT2D eigenvalue weighted by atomic mass is 16.5. The fourth-order valence-corrected chi connectivity index (χ4v) is 3.72. The number of nitrogens with zero attached hydrogens (tertiary/aromatic N) is 4. The van der Waals surface area contributed by atoms with Gasteiger partial charge in [-0.3, -0.25) is 4.90 Å². The predicted octanol–water partition coefficient (Wildman–Crippen LogP) is 3.26. The fraction of sp³-hybridized carbons (Fsp3) is 0.381. The minimum Gasteiger partial charge on any atom is -0.497 e. The monoisotopic (exact) mass is 365 g/mol. The predicted molar refractivity (Wildman–Crippen MR) is 111 cm³/mol. The Labute approximate surface area is 160 Å². The molecule has 6 nitrogen and oxygen atoms in total. The van der Waals surface area contributed by atoms with Crippen LogP contribution in [0.25, 0.3) is 10.9 Å². The first-order valence-corrected chi connectivity index (χ1v) is 9.57. The number of hydrogen-bond acceptors (Lipinski definition) is 5. The van der Waals surface area contributed by atoms with Gasteiger partial charge in [-0.2, -0.15) is 0 Å². The van der Waals surface area contributed by atoms with Gasteiger partial charge in [-0.1, -0.05) is 0 Å². The van der Waals surface area contributed by atoms with Gasteiger partial charge in [0.15, 0.2) is 5.82 Å². The van der Waals surface area contributed by atoms with E-state index in [1.54, 1.807) is 7.11 Å². The van der Waals surface area contributed by atoms with Crippen molar-refractivity contribution in [3.63, 3.8) is 0 Å². The maximum Gasteiger partial charge on any atom is 0.152 e. The smallest absolute Gasteiger partial charge is 0.152 e. The van der Waals surface area contributed by atoms with Crippen LogP contribution in [0.2, 0.25) is 0 Å². The van der Waals surface area contributed by atoms with E-state index in [0.717, 1.165) is 56.6 Å². The highest BCUT2D eigenvalue weighted by Crippen LogP contribution is 2.25. The van der Waals surface area contributed by atoms with Crippen molar-refractivity contribution in [2.24, 2.45) is 0 Å². The Hall–Kier alpha value is -2.73. The van der Waals surface area contributed by atoms with E-state index in [9.17, 15) is 0 Å². The van der Waals surface area contributed by atoms with E-state index in [0.29, 0.717) is 0 Å². The summed E-state index contributed by atoms with van der Waals surface area (Å²) >= 11 is 0. The van der Waals surface area contributed by atoms with Crippen molar-refractivity contribution in [3.05, 3.63) is 48.8 Å². The number of ether oxygens (including phenoxy) is 1. The lowest BCUT2D eigenvalue weighted by Gasteiger charge is -2.36. The number of methoxy groups -OCH3 is 1. The Morgan fingerprint density at radius 2 is 1.96 bits per heavy atom. The van der Waals surface area contributed by atoms with Gasteiger partial charge in [-0.25, -0.2) is 4.98 Å². The van der Waals surface area contributed by atoms with E-state index in [-0.39, 0.29) is 0 Å². The molecule has 0 radical (unpaired) electrons.